The van der Waals surface area contributed by atoms with Crippen LogP contribution in [0.1, 0.15) is 129 Å². The summed E-state index contributed by atoms with van der Waals surface area (Å²) in [6.07, 6.45) is -26.9. The van der Waals surface area contributed by atoms with Crippen LogP contribution in [0, 0.1) is 10.8 Å². The molecule has 6 rings (SSSR count). The Morgan fingerprint density at radius 3 is 1.25 bits per heavy atom. The first-order valence-electron chi connectivity index (χ1n) is 28.2. The standard InChI is InChI=1S/C60H75NO28/c1-28(62)74-23-36-19-21-37(22-20-36)24-77-55-50(89-58(73)60(12,13)14)49(88-54-43(61-52(70)38-17-15-16-18-39(38)53(61)71)47(81-33(6)67)44(79-31(4)65)40(84-54)25-75-29(2)63)46(42(85-55)27-78-57(72)59(9,10)11)87-56-51(83-35(8)69)48(82-34(7)68)45(80-32(5)66)41(86-56)26-76-30(3)64/h15-22,40-51,54-56H,23-27H2,1-14H3/t40-,41-,42-,43-,44-,45-,46+,47-,48+,49+,50-,51-,54+,55-,56+/m1/s1. The molecule has 0 aromatic heterocycles. The van der Waals surface area contributed by atoms with Crippen molar-refractivity contribution in [2.75, 3.05) is 19.8 Å². The van der Waals surface area contributed by atoms with E-state index < -0.39 is 194 Å². The maximum absolute atomic E-state index is 14.9. The van der Waals surface area contributed by atoms with E-state index in [0.29, 0.717) is 16.0 Å². The van der Waals surface area contributed by atoms with E-state index in [1.165, 1.54) is 72.7 Å². The van der Waals surface area contributed by atoms with Gasteiger partial charge in [-0.25, -0.2) is 0 Å². The Bertz CT molecular complexity index is 2930. The predicted octanol–water partition coefficient (Wildman–Crippen LogP) is 3.21. The third kappa shape index (κ3) is 18.6. The van der Waals surface area contributed by atoms with Gasteiger partial charge in [0.1, 0.15) is 63.0 Å². The van der Waals surface area contributed by atoms with Gasteiger partial charge in [-0.3, -0.25) is 62.4 Å². The van der Waals surface area contributed by atoms with E-state index in [1.807, 2.05) is 0 Å². The molecule has 0 spiro atoms. The largest absolute Gasteiger partial charge is 0.463 e. The van der Waals surface area contributed by atoms with Crippen LogP contribution in [0.15, 0.2) is 48.5 Å². The molecule has 4 aliphatic heterocycles. The first-order valence-corrected chi connectivity index (χ1v) is 28.2. The molecule has 2 amide bonds. The normalized spacial score (nSPS) is 27.6. The molecule has 29 nitrogen and oxygen atoms in total. The third-order valence-corrected chi connectivity index (χ3v) is 13.6. The van der Waals surface area contributed by atoms with E-state index in [2.05, 4.69) is 0 Å². The van der Waals surface area contributed by atoms with Gasteiger partial charge in [0.25, 0.3) is 11.8 Å². The molecule has 488 valence electrons. The third-order valence-electron chi connectivity index (χ3n) is 13.6. The van der Waals surface area contributed by atoms with Gasteiger partial charge in [0.15, 0.2) is 55.5 Å². The maximum Gasteiger partial charge on any atom is 0.311 e. The molecule has 29 heteroatoms. The van der Waals surface area contributed by atoms with Crippen molar-refractivity contribution < 1.29 is 133 Å². The van der Waals surface area contributed by atoms with Crippen LogP contribution in [0.25, 0.3) is 0 Å². The summed E-state index contributed by atoms with van der Waals surface area (Å²) in [5.74, 6) is -11.2. The van der Waals surface area contributed by atoms with Crippen molar-refractivity contribution >= 4 is 71.5 Å². The molecule has 3 saturated heterocycles. The fraction of sp³-hybridized carbons (Fsp3) is 0.600. The second kappa shape index (κ2) is 30.0. The highest BCUT2D eigenvalue weighted by Crippen LogP contribution is 2.41. The Kier molecular flexibility index (Phi) is 23.7. The zero-order chi connectivity index (χ0) is 66.0. The van der Waals surface area contributed by atoms with Crippen LogP contribution in [-0.2, 0) is 137 Å². The number of hydrogen-bond acceptors (Lipinski definition) is 28. The molecule has 15 atom stereocenters. The van der Waals surface area contributed by atoms with Crippen LogP contribution in [0.4, 0.5) is 0 Å². The lowest BCUT2D eigenvalue weighted by Crippen LogP contribution is -2.71. The summed E-state index contributed by atoms with van der Waals surface area (Å²) < 4.78 is 97.1. The van der Waals surface area contributed by atoms with Crippen molar-refractivity contribution in [3.63, 3.8) is 0 Å². The zero-order valence-corrected chi connectivity index (χ0v) is 51.7. The minimum absolute atomic E-state index is 0.0748. The van der Waals surface area contributed by atoms with E-state index >= 15 is 0 Å². The molecule has 89 heavy (non-hydrogen) atoms. The Labute approximate surface area is 511 Å². The van der Waals surface area contributed by atoms with Gasteiger partial charge in [-0.05, 0) is 64.8 Å². The van der Waals surface area contributed by atoms with E-state index in [9.17, 15) is 57.5 Å². The van der Waals surface area contributed by atoms with Crippen LogP contribution in [0.5, 0.6) is 0 Å². The molecule has 3 fully saturated rings. The number of benzene rings is 2. The summed E-state index contributed by atoms with van der Waals surface area (Å²) in [6, 6.07) is 10.0. The van der Waals surface area contributed by atoms with Crippen molar-refractivity contribution in [2.45, 2.75) is 202 Å². The van der Waals surface area contributed by atoms with Crippen LogP contribution in [-0.4, -0.2) is 188 Å². The molecular formula is C60H75NO28. The summed E-state index contributed by atoms with van der Waals surface area (Å²) in [5.41, 5.74) is -1.86. The molecular weight excluding hydrogens is 1180 g/mol. The molecule has 0 radical (unpaired) electrons. The van der Waals surface area contributed by atoms with Gasteiger partial charge in [0, 0.05) is 55.4 Å². The zero-order valence-electron chi connectivity index (χ0n) is 51.7. The van der Waals surface area contributed by atoms with Crippen LogP contribution >= 0.6 is 0 Å². The van der Waals surface area contributed by atoms with E-state index in [-0.39, 0.29) is 24.3 Å². The van der Waals surface area contributed by atoms with Crippen molar-refractivity contribution in [3.8, 4) is 0 Å². The summed E-state index contributed by atoms with van der Waals surface area (Å²) in [6.45, 7) is 14.5. The average Bonchev–Trinajstić information content (AvgIpc) is 1.75. The molecule has 2 aromatic carbocycles. The predicted molar refractivity (Wildman–Crippen MR) is 294 cm³/mol. The lowest BCUT2D eigenvalue weighted by atomic mass is 9.93. The number of hydrogen-bond donors (Lipinski definition) is 0. The number of carbonyl (C=O) groups excluding carboxylic acids is 12. The fourth-order valence-corrected chi connectivity index (χ4v) is 9.72. The molecule has 0 N–H and O–H groups in total. The summed E-state index contributed by atoms with van der Waals surface area (Å²) in [5, 5.41) is 0. The molecule has 4 aliphatic rings. The van der Waals surface area contributed by atoms with Gasteiger partial charge < -0.3 is 75.8 Å². The fourth-order valence-electron chi connectivity index (χ4n) is 9.72. The average molecular weight is 1260 g/mol. The second-order valence-corrected chi connectivity index (χ2v) is 23.2. The molecule has 4 heterocycles. The summed E-state index contributed by atoms with van der Waals surface area (Å²) in [7, 11) is 0. The van der Waals surface area contributed by atoms with E-state index in [1.54, 1.807) is 24.3 Å². The van der Waals surface area contributed by atoms with Gasteiger partial charge in [0.2, 0.25) is 0 Å². The van der Waals surface area contributed by atoms with E-state index in [4.69, 9.17) is 75.8 Å². The number of rotatable bonds is 22. The van der Waals surface area contributed by atoms with Crippen molar-refractivity contribution in [2.24, 2.45) is 10.8 Å². The Hall–Kier alpha value is -7.96. The van der Waals surface area contributed by atoms with Crippen LogP contribution in [0.3, 0.4) is 0 Å². The highest BCUT2D eigenvalue weighted by molar-refractivity contribution is 6.21. The van der Waals surface area contributed by atoms with Crippen LogP contribution in [0.2, 0.25) is 0 Å². The number of fused-ring (bicyclic) bond motifs is 1. The second-order valence-electron chi connectivity index (χ2n) is 23.2. The highest BCUT2D eigenvalue weighted by atomic mass is 16.8. The van der Waals surface area contributed by atoms with Gasteiger partial charge in [0.05, 0.1) is 28.6 Å². The number of esters is 10. The topological polar surface area (TPSA) is 356 Å². The Morgan fingerprint density at radius 1 is 0.393 bits per heavy atom. The number of carbonyl (C=O) groups is 12. The minimum atomic E-state index is -2.24. The van der Waals surface area contributed by atoms with Gasteiger partial charge in [-0.1, -0.05) is 36.4 Å². The van der Waals surface area contributed by atoms with Gasteiger partial charge >= 0.3 is 59.7 Å². The quantitative estimate of drug-likeness (QED) is 0.0927. The smallest absolute Gasteiger partial charge is 0.311 e. The Morgan fingerprint density at radius 2 is 0.775 bits per heavy atom. The molecule has 0 unspecified atom stereocenters. The minimum Gasteiger partial charge on any atom is -0.463 e. The molecule has 0 saturated carbocycles. The summed E-state index contributed by atoms with van der Waals surface area (Å²) in [4.78, 5) is 161. The maximum atomic E-state index is 14.9. The number of nitrogens with zero attached hydrogens (tertiary/aromatic N) is 1. The number of ether oxygens (including phenoxy) is 16. The van der Waals surface area contributed by atoms with Crippen molar-refractivity contribution in [3.05, 3.63) is 70.8 Å². The van der Waals surface area contributed by atoms with Crippen molar-refractivity contribution in [1.29, 1.82) is 0 Å². The van der Waals surface area contributed by atoms with Crippen molar-refractivity contribution in [1.82, 2.24) is 4.90 Å². The summed E-state index contributed by atoms with van der Waals surface area (Å²) >= 11 is 0. The lowest BCUT2D eigenvalue weighted by molar-refractivity contribution is -0.384. The lowest BCUT2D eigenvalue weighted by Gasteiger charge is -2.52. The van der Waals surface area contributed by atoms with E-state index in [0.717, 1.165) is 48.5 Å². The molecule has 2 aromatic rings. The Balaban J connectivity index is 1.67. The molecule has 0 aliphatic carbocycles. The number of amides is 2. The van der Waals surface area contributed by atoms with Gasteiger partial charge in [-0.2, -0.15) is 0 Å². The SMILES string of the molecule is CC(=O)OCc1ccc(CO[C@@H]2O[C@H](COC(=O)C(C)(C)C)[C@H](O[C@@H]3O[C@H](COC(C)=O)[C@@H](OC(C)=O)[C@H](OC(C)=O)[C@H]3OC(C)=O)[C@H](O[C@@H]3O[C@H](COC(C)=O)[C@@H](OC(C)=O)[C@H](OC(C)=O)[C@H]3N3C(=O)c4ccccc4C3=O)[C@H]2OC(=O)C(C)(C)C)cc1. The first-order chi connectivity index (χ1) is 41.6. The number of imide groups is 1. The highest BCUT2D eigenvalue weighted by Gasteiger charge is 2.62. The monoisotopic (exact) mass is 1260 g/mol. The molecule has 0 bridgehead atoms. The first kappa shape index (κ1) is 70.1. The van der Waals surface area contributed by atoms with Crippen LogP contribution < -0.4 is 0 Å². The van der Waals surface area contributed by atoms with Gasteiger partial charge in [-0.15, -0.1) is 0 Å².